The van der Waals surface area contributed by atoms with Gasteiger partial charge in [-0.15, -0.1) is 0 Å². The number of nitrogens with two attached hydrogens (primary N) is 1. The van der Waals surface area contributed by atoms with E-state index in [4.69, 9.17) is 10.5 Å². The fourth-order valence-electron chi connectivity index (χ4n) is 1.23. The number of hydrogen-bond donors (Lipinski definition) is 1. The minimum absolute atomic E-state index is 0.0635. The van der Waals surface area contributed by atoms with Crippen molar-refractivity contribution in [3.8, 4) is 0 Å². The summed E-state index contributed by atoms with van der Waals surface area (Å²) in [5.41, 5.74) is 5.07. The third kappa shape index (κ3) is 2.19. The molecule has 3 heteroatoms. The molecule has 3 nitrogen and oxygen atoms in total. The quantitative estimate of drug-likeness (QED) is 0.608. The lowest BCUT2D eigenvalue weighted by molar-refractivity contribution is -0.133. The Morgan fingerprint density at radius 3 is 2.64 bits per heavy atom. The molecule has 1 aliphatic heterocycles. The minimum atomic E-state index is -0.236. The van der Waals surface area contributed by atoms with Gasteiger partial charge in [-0.2, -0.15) is 0 Å². The summed E-state index contributed by atoms with van der Waals surface area (Å²) in [5.74, 6) is -0.302. The standard InChI is InChI=1S/C8H15NO2/c1-8(2)4-3-6(5-11-8)7(9)10/h6H,3-5H2,1-2H3,(H2,9,10). The Kier molecular flexibility index (Phi) is 2.18. The average Bonchev–Trinajstić information content (AvgIpc) is 1.86. The van der Waals surface area contributed by atoms with Gasteiger partial charge in [0, 0.05) is 0 Å². The maximum absolute atomic E-state index is 10.7. The van der Waals surface area contributed by atoms with E-state index in [1.54, 1.807) is 0 Å². The first-order chi connectivity index (χ1) is 5.01. The number of carbonyl (C=O) groups excluding carboxylic acids is 1. The SMILES string of the molecule is CC1(C)CCC(C(N)=O)CO1. The largest absolute Gasteiger partial charge is 0.375 e. The summed E-state index contributed by atoms with van der Waals surface area (Å²) in [7, 11) is 0. The zero-order valence-electron chi connectivity index (χ0n) is 7.09. The number of ether oxygens (including phenoxy) is 1. The van der Waals surface area contributed by atoms with Crippen molar-refractivity contribution in [3.05, 3.63) is 0 Å². The molecule has 0 saturated carbocycles. The second-order valence-electron chi connectivity index (χ2n) is 3.71. The molecule has 2 N–H and O–H groups in total. The fourth-order valence-corrected chi connectivity index (χ4v) is 1.23. The molecule has 11 heavy (non-hydrogen) atoms. The Balaban J connectivity index is 2.42. The predicted octanol–water partition coefficient (Wildman–Crippen LogP) is 0.677. The maximum Gasteiger partial charge on any atom is 0.222 e. The average molecular weight is 157 g/mol. The molecule has 0 aromatic heterocycles. The van der Waals surface area contributed by atoms with Crippen molar-refractivity contribution in [1.82, 2.24) is 0 Å². The van der Waals surface area contributed by atoms with Gasteiger partial charge < -0.3 is 10.5 Å². The van der Waals surface area contributed by atoms with Gasteiger partial charge in [-0.25, -0.2) is 0 Å². The first-order valence-electron chi connectivity index (χ1n) is 3.94. The molecule has 0 aromatic carbocycles. The molecule has 1 rings (SSSR count). The first-order valence-corrected chi connectivity index (χ1v) is 3.94. The Hall–Kier alpha value is -0.570. The number of primary amides is 1. The molecule has 0 radical (unpaired) electrons. The van der Waals surface area contributed by atoms with Gasteiger partial charge in [-0.1, -0.05) is 0 Å². The topological polar surface area (TPSA) is 52.3 Å². The van der Waals surface area contributed by atoms with Gasteiger partial charge in [-0.05, 0) is 26.7 Å². The Bertz CT molecular complexity index is 155. The first kappa shape index (κ1) is 8.53. The number of amides is 1. The lowest BCUT2D eigenvalue weighted by Crippen LogP contribution is -2.39. The van der Waals surface area contributed by atoms with E-state index < -0.39 is 0 Å². The number of rotatable bonds is 1. The van der Waals surface area contributed by atoms with Gasteiger partial charge in [-0.3, -0.25) is 4.79 Å². The van der Waals surface area contributed by atoms with Crippen LogP contribution in [0, 0.1) is 5.92 Å². The van der Waals surface area contributed by atoms with Crippen LogP contribution >= 0.6 is 0 Å². The van der Waals surface area contributed by atoms with Gasteiger partial charge in [0.1, 0.15) is 0 Å². The summed E-state index contributed by atoms with van der Waals surface area (Å²) in [6, 6.07) is 0. The second-order valence-corrected chi connectivity index (χ2v) is 3.71. The van der Waals surface area contributed by atoms with Crippen LogP contribution in [-0.4, -0.2) is 18.1 Å². The normalized spacial score (nSPS) is 29.8. The van der Waals surface area contributed by atoms with E-state index in [1.807, 2.05) is 13.8 Å². The number of carbonyl (C=O) groups is 1. The summed E-state index contributed by atoms with van der Waals surface area (Å²) in [5, 5.41) is 0. The molecule has 1 heterocycles. The van der Waals surface area contributed by atoms with E-state index in [1.165, 1.54) is 0 Å². The van der Waals surface area contributed by atoms with E-state index in [-0.39, 0.29) is 17.4 Å². The molecule has 64 valence electrons. The molecule has 0 spiro atoms. The highest BCUT2D eigenvalue weighted by Gasteiger charge is 2.29. The third-order valence-electron chi connectivity index (χ3n) is 2.17. The Labute approximate surface area is 66.9 Å². The van der Waals surface area contributed by atoms with E-state index in [0.717, 1.165) is 12.8 Å². The molecule has 1 saturated heterocycles. The molecule has 1 unspecified atom stereocenters. The van der Waals surface area contributed by atoms with Crippen LogP contribution in [0.15, 0.2) is 0 Å². The van der Waals surface area contributed by atoms with E-state index in [2.05, 4.69) is 0 Å². The lowest BCUT2D eigenvalue weighted by Gasteiger charge is -2.33. The predicted molar refractivity (Wildman–Crippen MR) is 41.9 cm³/mol. The van der Waals surface area contributed by atoms with E-state index >= 15 is 0 Å². The van der Waals surface area contributed by atoms with Crippen molar-refractivity contribution in [3.63, 3.8) is 0 Å². The van der Waals surface area contributed by atoms with Gasteiger partial charge >= 0.3 is 0 Å². The molecule has 1 amide bonds. The van der Waals surface area contributed by atoms with E-state index in [9.17, 15) is 4.79 Å². The third-order valence-corrected chi connectivity index (χ3v) is 2.17. The second kappa shape index (κ2) is 2.81. The van der Waals surface area contributed by atoms with Crippen molar-refractivity contribution < 1.29 is 9.53 Å². The smallest absolute Gasteiger partial charge is 0.222 e. The zero-order chi connectivity index (χ0) is 8.48. The van der Waals surface area contributed by atoms with Crippen LogP contribution in [0.4, 0.5) is 0 Å². The van der Waals surface area contributed by atoms with Gasteiger partial charge in [0.05, 0.1) is 18.1 Å². The summed E-state index contributed by atoms with van der Waals surface area (Å²) >= 11 is 0. The summed E-state index contributed by atoms with van der Waals surface area (Å²) in [6.45, 7) is 4.55. The summed E-state index contributed by atoms with van der Waals surface area (Å²) < 4.78 is 5.44. The minimum Gasteiger partial charge on any atom is -0.375 e. The molecule has 0 aromatic rings. The molecule has 0 aliphatic carbocycles. The van der Waals surface area contributed by atoms with Crippen LogP contribution in [0.1, 0.15) is 26.7 Å². The highest BCUT2D eigenvalue weighted by Crippen LogP contribution is 2.26. The van der Waals surface area contributed by atoms with Crippen LogP contribution in [0.5, 0.6) is 0 Å². The monoisotopic (exact) mass is 157 g/mol. The summed E-state index contributed by atoms with van der Waals surface area (Å²) in [6.07, 6.45) is 1.78. The van der Waals surface area contributed by atoms with E-state index in [0.29, 0.717) is 6.61 Å². The van der Waals surface area contributed by atoms with Crippen LogP contribution in [-0.2, 0) is 9.53 Å². The maximum atomic E-state index is 10.7. The Morgan fingerprint density at radius 2 is 2.27 bits per heavy atom. The molecule has 1 fully saturated rings. The van der Waals surface area contributed by atoms with Crippen molar-refractivity contribution in [1.29, 1.82) is 0 Å². The summed E-state index contributed by atoms with van der Waals surface area (Å²) in [4.78, 5) is 10.7. The van der Waals surface area contributed by atoms with Crippen LogP contribution in [0.3, 0.4) is 0 Å². The lowest BCUT2D eigenvalue weighted by atomic mass is 9.91. The Morgan fingerprint density at radius 1 is 1.64 bits per heavy atom. The van der Waals surface area contributed by atoms with Crippen LogP contribution < -0.4 is 5.73 Å². The fraction of sp³-hybridized carbons (Fsp3) is 0.875. The molecular weight excluding hydrogens is 142 g/mol. The highest BCUT2D eigenvalue weighted by atomic mass is 16.5. The molecule has 1 aliphatic rings. The highest BCUT2D eigenvalue weighted by molar-refractivity contribution is 5.76. The zero-order valence-corrected chi connectivity index (χ0v) is 7.09. The van der Waals surface area contributed by atoms with Gasteiger partial charge in [0.15, 0.2) is 0 Å². The van der Waals surface area contributed by atoms with Gasteiger partial charge in [0.2, 0.25) is 5.91 Å². The van der Waals surface area contributed by atoms with Crippen LogP contribution in [0.2, 0.25) is 0 Å². The van der Waals surface area contributed by atoms with Crippen molar-refractivity contribution >= 4 is 5.91 Å². The van der Waals surface area contributed by atoms with Gasteiger partial charge in [0.25, 0.3) is 0 Å². The van der Waals surface area contributed by atoms with Crippen molar-refractivity contribution in [2.24, 2.45) is 11.7 Å². The van der Waals surface area contributed by atoms with Crippen molar-refractivity contribution in [2.45, 2.75) is 32.3 Å². The molecule has 0 bridgehead atoms. The molecule has 1 atom stereocenters. The number of hydrogen-bond acceptors (Lipinski definition) is 2. The molecular formula is C8H15NO2. The van der Waals surface area contributed by atoms with Crippen molar-refractivity contribution in [2.75, 3.05) is 6.61 Å². The van der Waals surface area contributed by atoms with Crippen LogP contribution in [0.25, 0.3) is 0 Å².